The second-order valence-corrected chi connectivity index (χ2v) is 4.64. The van der Waals surface area contributed by atoms with Crippen molar-refractivity contribution in [2.45, 2.75) is 6.92 Å². The molecule has 1 aromatic carbocycles. The van der Waals surface area contributed by atoms with Crippen LogP contribution in [0.4, 0.5) is 11.4 Å². The number of anilines is 2. The minimum absolute atomic E-state index is 0.142. The molecule has 0 saturated heterocycles. The summed E-state index contributed by atoms with van der Waals surface area (Å²) in [6, 6.07) is 10.6. The molecule has 0 radical (unpaired) electrons. The molecule has 0 saturated carbocycles. The van der Waals surface area contributed by atoms with E-state index in [0.717, 1.165) is 0 Å². The van der Waals surface area contributed by atoms with E-state index < -0.39 is 0 Å². The Bertz CT molecular complexity index is 564. The Kier molecular flexibility index (Phi) is 3.74. The number of thiophene rings is 1. The highest BCUT2D eigenvalue weighted by molar-refractivity contribution is 7.12. The lowest BCUT2D eigenvalue weighted by Gasteiger charge is -2.06. The van der Waals surface area contributed by atoms with E-state index in [0.29, 0.717) is 16.3 Å². The Labute approximate surface area is 109 Å². The van der Waals surface area contributed by atoms with Gasteiger partial charge in [-0.3, -0.25) is 9.59 Å². The number of amides is 2. The summed E-state index contributed by atoms with van der Waals surface area (Å²) >= 11 is 1.38. The predicted octanol–water partition coefficient (Wildman–Crippen LogP) is 2.96. The van der Waals surface area contributed by atoms with Gasteiger partial charge in [-0.1, -0.05) is 12.1 Å². The summed E-state index contributed by atoms with van der Waals surface area (Å²) < 4.78 is 0. The predicted molar refractivity (Wildman–Crippen MR) is 73.0 cm³/mol. The number of carbonyl (C=O) groups excluding carboxylic acids is 2. The fourth-order valence-electron chi connectivity index (χ4n) is 1.48. The molecule has 2 amide bonds. The van der Waals surface area contributed by atoms with Crippen LogP contribution in [-0.4, -0.2) is 11.8 Å². The second-order valence-electron chi connectivity index (χ2n) is 3.69. The zero-order valence-corrected chi connectivity index (χ0v) is 10.6. The molecule has 1 aromatic heterocycles. The van der Waals surface area contributed by atoms with Crippen LogP contribution in [0.1, 0.15) is 16.6 Å². The van der Waals surface area contributed by atoms with Crippen molar-refractivity contribution in [1.82, 2.24) is 0 Å². The third-order valence-electron chi connectivity index (χ3n) is 2.19. The molecule has 5 heteroatoms. The van der Waals surface area contributed by atoms with Crippen LogP contribution in [0.5, 0.6) is 0 Å². The van der Waals surface area contributed by atoms with Crippen LogP contribution < -0.4 is 10.6 Å². The Hall–Kier alpha value is -2.14. The van der Waals surface area contributed by atoms with Gasteiger partial charge in [0.25, 0.3) is 5.91 Å². The zero-order valence-electron chi connectivity index (χ0n) is 9.77. The molecule has 0 spiro atoms. The minimum Gasteiger partial charge on any atom is -0.326 e. The van der Waals surface area contributed by atoms with Gasteiger partial charge < -0.3 is 10.6 Å². The first kappa shape index (κ1) is 12.3. The maximum atomic E-state index is 11.8. The third kappa shape index (κ3) is 3.18. The van der Waals surface area contributed by atoms with E-state index in [1.807, 2.05) is 11.4 Å². The fraction of sp³-hybridized carbons (Fsp3) is 0.0769. The molecule has 0 bridgehead atoms. The average Bonchev–Trinajstić information content (AvgIpc) is 2.81. The monoisotopic (exact) mass is 260 g/mol. The molecule has 18 heavy (non-hydrogen) atoms. The molecule has 0 aliphatic heterocycles. The Balaban J connectivity index is 2.10. The second kappa shape index (κ2) is 5.46. The van der Waals surface area contributed by atoms with Gasteiger partial charge in [0.1, 0.15) is 0 Å². The maximum absolute atomic E-state index is 11.8. The minimum atomic E-state index is -0.148. The fourth-order valence-corrected chi connectivity index (χ4v) is 2.10. The van der Waals surface area contributed by atoms with E-state index in [9.17, 15) is 9.59 Å². The lowest BCUT2D eigenvalue weighted by atomic mass is 10.2. The van der Waals surface area contributed by atoms with Gasteiger partial charge in [-0.15, -0.1) is 11.3 Å². The first-order chi connectivity index (χ1) is 8.65. The van der Waals surface area contributed by atoms with Gasteiger partial charge in [-0.25, -0.2) is 0 Å². The van der Waals surface area contributed by atoms with E-state index in [4.69, 9.17) is 0 Å². The quantitative estimate of drug-likeness (QED) is 0.891. The molecule has 0 unspecified atom stereocenters. The van der Waals surface area contributed by atoms with Crippen molar-refractivity contribution in [1.29, 1.82) is 0 Å². The van der Waals surface area contributed by atoms with Crippen molar-refractivity contribution in [2.24, 2.45) is 0 Å². The smallest absolute Gasteiger partial charge is 0.265 e. The summed E-state index contributed by atoms with van der Waals surface area (Å²) in [5.41, 5.74) is 1.31. The lowest BCUT2D eigenvalue weighted by molar-refractivity contribution is -0.114. The number of carbonyl (C=O) groups is 2. The molecular weight excluding hydrogens is 248 g/mol. The summed E-state index contributed by atoms with van der Waals surface area (Å²) in [7, 11) is 0. The standard InChI is InChI=1S/C13H12N2O2S/c1-9(16)14-10-4-2-5-11(8-10)15-13(17)12-6-3-7-18-12/h2-8H,1H3,(H,14,16)(H,15,17). The van der Waals surface area contributed by atoms with E-state index in [2.05, 4.69) is 10.6 Å². The zero-order chi connectivity index (χ0) is 13.0. The summed E-state index contributed by atoms with van der Waals surface area (Å²) in [5, 5.41) is 7.29. The molecule has 0 fully saturated rings. The number of nitrogens with one attached hydrogen (secondary N) is 2. The summed E-state index contributed by atoms with van der Waals surface area (Å²) in [5.74, 6) is -0.290. The summed E-state index contributed by atoms with van der Waals surface area (Å²) in [6.45, 7) is 1.44. The topological polar surface area (TPSA) is 58.2 Å². The summed E-state index contributed by atoms with van der Waals surface area (Å²) in [4.78, 5) is 23.4. The van der Waals surface area contributed by atoms with Crippen LogP contribution in [0, 0.1) is 0 Å². The highest BCUT2D eigenvalue weighted by Gasteiger charge is 2.07. The van der Waals surface area contributed by atoms with Crippen LogP contribution in [0.15, 0.2) is 41.8 Å². The van der Waals surface area contributed by atoms with E-state index >= 15 is 0 Å². The molecular formula is C13H12N2O2S. The Morgan fingerprint density at radius 1 is 1.06 bits per heavy atom. The molecule has 0 aliphatic rings. The van der Waals surface area contributed by atoms with E-state index in [1.165, 1.54) is 18.3 Å². The van der Waals surface area contributed by atoms with Crippen molar-refractivity contribution in [3.05, 3.63) is 46.7 Å². The highest BCUT2D eigenvalue weighted by Crippen LogP contribution is 2.17. The van der Waals surface area contributed by atoms with Gasteiger partial charge in [0.05, 0.1) is 4.88 Å². The first-order valence-electron chi connectivity index (χ1n) is 5.37. The van der Waals surface area contributed by atoms with Crippen molar-refractivity contribution in [3.63, 3.8) is 0 Å². The van der Waals surface area contributed by atoms with Gasteiger partial charge >= 0.3 is 0 Å². The molecule has 4 nitrogen and oxygen atoms in total. The first-order valence-corrected chi connectivity index (χ1v) is 6.25. The van der Waals surface area contributed by atoms with Crippen LogP contribution in [0.25, 0.3) is 0 Å². The van der Waals surface area contributed by atoms with Crippen molar-refractivity contribution in [3.8, 4) is 0 Å². The summed E-state index contributed by atoms with van der Waals surface area (Å²) in [6.07, 6.45) is 0. The number of benzene rings is 1. The number of hydrogen-bond acceptors (Lipinski definition) is 3. The van der Waals surface area contributed by atoms with Gasteiger partial charge in [-0.2, -0.15) is 0 Å². The molecule has 2 aromatic rings. The maximum Gasteiger partial charge on any atom is 0.265 e. The number of hydrogen-bond donors (Lipinski definition) is 2. The Morgan fingerprint density at radius 3 is 2.39 bits per heavy atom. The molecule has 0 atom stereocenters. The normalized spacial score (nSPS) is 9.83. The Morgan fingerprint density at radius 2 is 1.78 bits per heavy atom. The van der Waals surface area contributed by atoms with Gasteiger partial charge in [0.15, 0.2) is 0 Å². The van der Waals surface area contributed by atoms with Gasteiger partial charge in [-0.05, 0) is 29.6 Å². The molecule has 2 rings (SSSR count). The van der Waals surface area contributed by atoms with Crippen molar-refractivity contribution < 1.29 is 9.59 Å². The largest absolute Gasteiger partial charge is 0.326 e. The molecule has 0 aliphatic carbocycles. The van der Waals surface area contributed by atoms with Gasteiger partial charge in [0, 0.05) is 18.3 Å². The van der Waals surface area contributed by atoms with Gasteiger partial charge in [0.2, 0.25) is 5.91 Å². The van der Waals surface area contributed by atoms with Crippen LogP contribution in [-0.2, 0) is 4.79 Å². The SMILES string of the molecule is CC(=O)Nc1cccc(NC(=O)c2cccs2)c1. The molecule has 1 heterocycles. The van der Waals surface area contributed by atoms with Crippen LogP contribution in [0.3, 0.4) is 0 Å². The van der Waals surface area contributed by atoms with E-state index in [1.54, 1.807) is 30.3 Å². The average molecular weight is 260 g/mol. The van der Waals surface area contributed by atoms with Crippen LogP contribution in [0.2, 0.25) is 0 Å². The molecule has 2 N–H and O–H groups in total. The third-order valence-corrected chi connectivity index (χ3v) is 3.05. The lowest BCUT2D eigenvalue weighted by Crippen LogP contribution is -2.11. The van der Waals surface area contributed by atoms with Crippen molar-refractivity contribution >= 4 is 34.5 Å². The highest BCUT2D eigenvalue weighted by atomic mass is 32.1. The molecule has 92 valence electrons. The van der Waals surface area contributed by atoms with Crippen molar-refractivity contribution in [2.75, 3.05) is 10.6 Å². The van der Waals surface area contributed by atoms with E-state index in [-0.39, 0.29) is 11.8 Å². The van der Waals surface area contributed by atoms with Crippen LogP contribution >= 0.6 is 11.3 Å². The number of rotatable bonds is 3.